The van der Waals surface area contributed by atoms with Gasteiger partial charge in [-0.3, -0.25) is 0 Å². The van der Waals surface area contributed by atoms with Gasteiger partial charge in [-0.1, -0.05) is 20.3 Å². The number of likely N-dealkylation sites (tertiary alicyclic amines) is 1. The van der Waals surface area contributed by atoms with E-state index >= 15 is 0 Å². The highest BCUT2D eigenvalue weighted by Gasteiger charge is 2.10. The van der Waals surface area contributed by atoms with Crippen LogP contribution in [-0.2, 0) is 17.9 Å². The third kappa shape index (κ3) is 6.20. The molecule has 1 aromatic heterocycles. The molecule has 21 heavy (non-hydrogen) atoms. The van der Waals surface area contributed by atoms with Crippen LogP contribution in [0.1, 0.15) is 44.4 Å². The fourth-order valence-corrected chi connectivity index (χ4v) is 2.69. The van der Waals surface area contributed by atoms with Crippen LogP contribution in [0, 0.1) is 5.92 Å². The van der Waals surface area contributed by atoms with Gasteiger partial charge in [0.15, 0.2) is 0 Å². The second-order valence-electron chi connectivity index (χ2n) is 6.35. The van der Waals surface area contributed by atoms with Gasteiger partial charge in [-0.25, -0.2) is 0 Å². The van der Waals surface area contributed by atoms with Crippen LogP contribution in [0.4, 0.5) is 0 Å². The number of hydrogen-bond donors (Lipinski definition) is 1. The van der Waals surface area contributed by atoms with Crippen molar-refractivity contribution >= 4 is 0 Å². The van der Waals surface area contributed by atoms with Gasteiger partial charge >= 0.3 is 0 Å². The van der Waals surface area contributed by atoms with Gasteiger partial charge in [0.05, 0.1) is 12.9 Å². The van der Waals surface area contributed by atoms with Gasteiger partial charge in [-0.2, -0.15) is 0 Å². The summed E-state index contributed by atoms with van der Waals surface area (Å²) < 4.78 is 11.3. The van der Waals surface area contributed by atoms with E-state index in [0.717, 1.165) is 32.0 Å². The Morgan fingerprint density at radius 1 is 1.29 bits per heavy atom. The van der Waals surface area contributed by atoms with Gasteiger partial charge in [-0.15, -0.1) is 0 Å². The Balaban J connectivity index is 1.62. The third-order valence-corrected chi connectivity index (χ3v) is 3.94. The standard InChI is InChI=1S/C17H30N2O2/c1-15(2)12-18-13-16-6-10-21-17(16)14-20-11-9-19-7-4-3-5-8-19/h6,10,15,18H,3-5,7-9,11-14H2,1-2H3. The molecule has 1 N–H and O–H groups in total. The van der Waals surface area contributed by atoms with Crippen LogP contribution in [-0.4, -0.2) is 37.7 Å². The Morgan fingerprint density at radius 2 is 2.10 bits per heavy atom. The van der Waals surface area contributed by atoms with Crippen LogP contribution in [0.2, 0.25) is 0 Å². The summed E-state index contributed by atoms with van der Waals surface area (Å²) >= 11 is 0. The van der Waals surface area contributed by atoms with Crippen LogP contribution in [0.5, 0.6) is 0 Å². The Kier molecular flexibility index (Phi) is 7.27. The number of nitrogens with zero attached hydrogens (tertiary/aromatic N) is 1. The summed E-state index contributed by atoms with van der Waals surface area (Å²) in [7, 11) is 0. The highest BCUT2D eigenvalue weighted by Crippen LogP contribution is 2.12. The quantitative estimate of drug-likeness (QED) is 0.710. The van der Waals surface area contributed by atoms with Crippen molar-refractivity contribution < 1.29 is 9.15 Å². The Morgan fingerprint density at radius 3 is 2.86 bits per heavy atom. The number of ether oxygens (including phenoxy) is 1. The number of furan rings is 1. The molecule has 1 aliphatic rings. The summed E-state index contributed by atoms with van der Waals surface area (Å²) in [5.41, 5.74) is 1.22. The number of rotatable bonds is 9. The maximum Gasteiger partial charge on any atom is 0.133 e. The highest BCUT2D eigenvalue weighted by molar-refractivity contribution is 5.16. The van der Waals surface area contributed by atoms with Crippen molar-refractivity contribution in [1.82, 2.24) is 10.2 Å². The summed E-state index contributed by atoms with van der Waals surface area (Å²) in [5, 5.41) is 3.45. The second-order valence-corrected chi connectivity index (χ2v) is 6.35. The molecule has 1 saturated heterocycles. The molecule has 1 aromatic rings. The van der Waals surface area contributed by atoms with Gasteiger partial charge in [0.25, 0.3) is 0 Å². The van der Waals surface area contributed by atoms with E-state index in [1.165, 1.54) is 37.9 Å². The van der Waals surface area contributed by atoms with Crippen molar-refractivity contribution in [3.05, 3.63) is 23.7 Å². The van der Waals surface area contributed by atoms with E-state index in [2.05, 4.69) is 24.1 Å². The topological polar surface area (TPSA) is 37.6 Å². The predicted molar refractivity (Wildman–Crippen MR) is 85.2 cm³/mol. The zero-order valence-corrected chi connectivity index (χ0v) is 13.6. The molecule has 0 saturated carbocycles. The average Bonchev–Trinajstić information content (AvgIpc) is 2.92. The predicted octanol–water partition coefficient (Wildman–Crippen LogP) is 3.03. The second kappa shape index (κ2) is 9.23. The van der Waals surface area contributed by atoms with Crippen LogP contribution in [0.25, 0.3) is 0 Å². The lowest BCUT2D eigenvalue weighted by atomic mass is 10.1. The maximum absolute atomic E-state index is 5.79. The van der Waals surface area contributed by atoms with Crippen molar-refractivity contribution in [2.24, 2.45) is 5.92 Å². The smallest absolute Gasteiger partial charge is 0.133 e. The number of nitrogens with one attached hydrogen (secondary N) is 1. The molecule has 0 unspecified atom stereocenters. The summed E-state index contributed by atoms with van der Waals surface area (Å²) in [5.74, 6) is 1.63. The van der Waals surface area contributed by atoms with E-state index in [-0.39, 0.29) is 0 Å². The minimum absolute atomic E-state index is 0.583. The maximum atomic E-state index is 5.79. The molecule has 0 atom stereocenters. The highest BCUT2D eigenvalue weighted by atomic mass is 16.5. The molecule has 1 aliphatic heterocycles. The minimum atomic E-state index is 0.583. The molecule has 0 aliphatic carbocycles. The molecule has 0 bridgehead atoms. The lowest BCUT2D eigenvalue weighted by Crippen LogP contribution is -2.32. The molecule has 4 heteroatoms. The molecule has 0 amide bonds. The van der Waals surface area contributed by atoms with E-state index in [1.807, 2.05) is 6.07 Å². The zero-order valence-electron chi connectivity index (χ0n) is 13.6. The fraction of sp³-hybridized carbons (Fsp3) is 0.765. The lowest BCUT2D eigenvalue weighted by molar-refractivity contribution is 0.0759. The van der Waals surface area contributed by atoms with Gasteiger partial charge in [0, 0.05) is 18.7 Å². The van der Waals surface area contributed by atoms with E-state index in [1.54, 1.807) is 6.26 Å². The van der Waals surface area contributed by atoms with E-state index < -0.39 is 0 Å². The molecule has 4 nitrogen and oxygen atoms in total. The van der Waals surface area contributed by atoms with Crippen molar-refractivity contribution in [2.75, 3.05) is 32.8 Å². The van der Waals surface area contributed by atoms with Gasteiger partial charge in [0.2, 0.25) is 0 Å². The molecule has 2 heterocycles. The molecule has 0 radical (unpaired) electrons. The fourth-order valence-electron chi connectivity index (χ4n) is 2.69. The summed E-state index contributed by atoms with van der Waals surface area (Å²) in [4.78, 5) is 2.50. The molecule has 2 rings (SSSR count). The number of piperidine rings is 1. The Bertz CT molecular complexity index is 384. The minimum Gasteiger partial charge on any atom is -0.467 e. The lowest BCUT2D eigenvalue weighted by Gasteiger charge is -2.26. The van der Waals surface area contributed by atoms with Crippen molar-refractivity contribution in [1.29, 1.82) is 0 Å². The normalized spacial score (nSPS) is 16.7. The molecule has 1 fully saturated rings. The Hall–Kier alpha value is -0.840. The first-order chi connectivity index (χ1) is 10.3. The van der Waals surface area contributed by atoms with E-state index in [9.17, 15) is 0 Å². The van der Waals surface area contributed by atoms with Gasteiger partial charge in [0.1, 0.15) is 12.4 Å². The molecular formula is C17H30N2O2. The molecule has 0 aromatic carbocycles. The van der Waals surface area contributed by atoms with Gasteiger partial charge in [-0.05, 0) is 44.5 Å². The molecule has 120 valence electrons. The van der Waals surface area contributed by atoms with Gasteiger partial charge < -0.3 is 19.4 Å². The van der Waals surface area contributed by atoms with Crippen LogP contribution < -0.4 is 5.32 Å². The first kappa shape index (κ1) is 16.5. The summed E-state index contributed by atoms with van der Waals surface area (Å²) in [6.07, 6.45) is 5.82. The first-order valence-electron chi connectivity index (χ1n) is 8.32. The van der Waals surface area contributed by atoms with Crippen LogP contribution >= 0.6 is 0 Å². The monoisotopic (exact) mass is 294 g/mol. The largest absolute Gasteiger partial charge is 0.467 e. The summed E-state index contributed by atoms with van der Waals surface area (Å²) in [6.45, 7) is 11.2. The summed E-state index contributed by atoms with van der Waals surface area (Å²) in [6, 6.07) is 2.04. The van der Waals surface area contributed by atoms with Crippen molar-refractivity contribution in [3.8, 4) is 0 Å². The average molecular weight is 294 g/mol. The third-order valence-electron chi connectivity index (χ3n) is 3.94. The first-order valence-corrected chi connectivity index (χ1v) is 8.32. The zero-order chi connectivity index (χ0) is 14.9. The number of hydrogen-bond acceptors (Lipinski definition) is 4. The van der Waals surface area contributed by atoms with Crippen LogP contribution in [0.3, 0.4) is 0 Å². The molecule has 0 spiro atoms. The van der Waals surface area contributed by atoms with E-state index in [0.29, 0.717) is 12.5 Å². The van der Waals surface area contributed by atoms with Crippen molar-refractivity contribution in [3.63, 3.8) is 0 Å². The molecular weight excluding hydrogens is 264 g/mol. The van der Waals surface area contributed by atoms with E-state index in [4.69, 9.17) is 9.15 Å². The Labute approximate surface area is 128 Å². The van der Waals surface area contributed by atoms with Crippen LogP contribution in [0.15, 0.2) is 16.7 Å². The SMILES string of the molecule is CC(C)CNCc1ccoc1COCCN1CCCCC1. The van der Waals surface area contributed by atoms with Crippen molar-refractivity contribution in [2.45, 2.75) is 46.3 Å².